The standard InChI is InChI=1S/C18H20N2O2S/c1-14-7-5-6-10-16(14)18(22)20-13-17(21)19-11-12-23-15-8-3-2-4-9-15/h2-10H,11-13H2,1H3,(H,19,21)(H,20,22). The van der Waals surface area contributed by atoms with E-state index in [9.17, 15) is 9.59 Å². The third kappa shape index (κ3) is 5.79. The number of carbonyl (C=O) groups is 2. The van der Waals surface area contributed by atoms with Gasteiger partial charge >= 0.3 is 0 Å². The normalized spacial score (nSPS) is 10.1. The summed E-state index contributed by atoms with van der Waals surface area (Å²) >= 11 is 1.68. The molecule has 0 heterocycles. The molecule has 0 saturated carbocycles. The number of carbonyl (C=O) groups excluding carboxylic acids is 2. The molecule has 2 aromatic carbocycles. The van der Waals surface area contributed by atoms with Crippen molar-refractivity contribution < 1.29 is 9.59 Å². The number of rotatable bonds is 7. The lowest BCUT2D eigenvalue weighted by atomic mass is 10.1. The van der Waals surface area contributed by atoms with E-state index in [2.05, 4.69) is 10.6 Å². The van der Waals surface area contributed by atoms with Gasteiger partial charge in [-0.15, -0.1) is 11.8 Å². The topological polar surface area (TPSA) is 58.2 Å². The average Bonchev–Trinajstić information content (AvgIpc) is 2.58. The Bertz CT molecular complexity index is 659. The van der Waals surface area contributed by atoms with Gasteiger partial charge in [-0.1, -0.05) is 36.4 Å². The molecule has 2 amide bonds. The minimum Gasteiger partial charge on any atom is -0.354 e. The molecule has 2 aromatic rings. The molecule has 0 aliphatic heterocycles. The summed E-state index contributed by atoms with van der Waals surface area (Å²) in [6.07, 6.45) is 0. The number of thioether (sulfide) groups is 1. The first kappa shape index (κ1) is 17.1. The molecule has 0 bridgehead atoms. The van der Waals surface area contributed by atoms with Crippen molar-refractivity contribution in [2.75, 3.05) is 18.8 Å². The highest BCUT2D eigenvalue weighted by atomic mass is 32.2. The highest BCUT2D eigenvalue weighted by Crippen LogP contribution is 2.15. The summed E-state index contributed by atoms with van der Waals surface area (Å²) in [6.45, 7) is 2.43. The SMILES string of the molecule is Cc1ccccc1C(=O)NCC(=O)NCCSc1ccccc1. The van der Waals surface area contributed by atoms with Crippen LogP contribution >= 0.6 is 11.8 Å². The fourth-order valence-electron chi connectivity index (χ4n) is 2.02. The van der Waals surface area contributed by atoms with Crippen LogP contribution in [0.4, 0.5) is 0 Å². The van der Waals surface area contributed by atoms with Gasteiger partial charge in [-0.05, 0) is 30.7 Å². The van der Waals surface area contributed by atoms with E-state index in [0.717, 1.165) is 11.3 Å². The van der Waals surface area contributed by atoms with E-state index < -0.39 is 0 Å². The lowest BCUT2D eigenvalue weighted by Crippen LogP contribution is -2.37. The van der Waals surface area contributed by atoms with Crippen LogP contribution in [0.2, 0.25) is 0 Å². The molecule has 2 rings (SSSR count). The monoisotopic (exact) mass is 328 g/mol. The Morgan fingerprint density at radius 2 is 1.65 bits per heavy atom. The van der Waals surface area contributed by atoms with Crippen LogP contribution in [0.3, 0.4) is 0 Å². The van der Waals surface area contributed by atoms with E-state index in [1.54, 1.807) is 17.8 Å². The van der Waals surface area contributed by atoms with Gasteiger partial charge in [0.05, 0.1) is 6.54 Å². The average molecular weight is 328 g/mol. The van der Waals surface area contributed by atoms with E-state index in [0.29, 0.717) is 12.1 Å². The zero-order valence-electron chi connectivity index (χ0n) is 13.0. The maximum atomic E-state index is 12.0. The van der Waals surface area contributed by atoms with Crippen molar-refractivity contribution in [3.63, 3.8) is 0 Å². The number of amides is 2. The van der Waals surface area contributed by atoms with Crippen molar-refractivity contribution in [1.29, 1.82) is 0 Å². The predicted octanol–water partition coefficient (Wildman–Crippen LogP) is 2.63. The van der Waals surface area contributed by atoms with Crippen LogP contribution in [0.15, 0.2) is 59.5 Å². The van der Waals surface area contributed by atoms with Crippen LogP contribution in [0.1, 0.15) is 15.9 Å². The number of nitrogens with one attached hydrogen (secondary N) is 2. The third-order valence-electron chi connectivity index (χ3n) is 3.24. The second kappa shape index (κ2) is 9.00. The molecule has 0 saturated heterocycles. The van der Waals surface area contributed by atoms with Gasteiger partial charge < -0.3 is 10.6 Å². The first-order chi connectivity index (χ1) is 11.2. The zero-order valence-corrected chi connectivity index (χ0v) is 13.9. The van der Waals surface area contributed by atoms with Crippen molar-refractivity contribution >= 4 is 23.6 Å². The molecule has 0 aliphatic rings. The molecule has 0 spiro atoms. The number of hydrogen-bond acceptors (Lipinski definition) is 3. The van der Waals surface area contributed by atoms with Crippen LogP contribution in [-0.4, -0.2) is 30.7 Å². The van der Waals surface area contributed by atoms with Crippen molar-refractivity contribution in [3.05, 3.63) is 65.7 Å². The summed E-state index contributed by atoms with van der Waals surface area (Å²) in [4.78, 5) is 24.9. The summed E-state index contributed by atoms with van der Waals surface area (Å²) in [7, 11) is 0. The van der Waals surface area contributed by atoms with Crippen LogP contribution in [0.25, 0.3) is 0 Å². The number of benzene rings is 2. The summed E-state index contributed by atoms with van der Waals surface area (Å²) < 4.78 is 0. The third-order valence-corrected chi connectivity index (χ3v) is 4.25. The second-order valence-corrected chi connectivity index (χ2v) is 6.18. The molecule has 0 atom stereocenters. The van der Waals surface area contributed by atoms with Crippen LogP contribution in [0, 0.1) is 6.92 Å². The van der Waals surface area contributed by atoms with Crippen molar-refractivity contribution in [3.8, 4) is 0 Å². The fraction of sp³-hybridized carbons (Fsp3) is 0.222. The highest BCUT2D eigenvalue weighted by Gasteiger charge is 2.09. The highest BCUT2D eigenvalue weighted by molar-refractivity contribution is 7.99. The van der Waals surface area contributed by atoms with Crippen LogP contribution in [0.5, 0.6) is 0 Å². The van der Waals surface area contributed by atoms with Gasteiger partial charge in [0.25, 0.3) is 5.91 Å². The molecule has 0 fully saturated rings. The van der Waals surface area contributed by atoms with Gasteiger partial charge in [-0.25, -0.2) is 0 Å². The van der Waals surface area contributed by atoms with Crippen molar-refractivity contribution in [2.45, 2.75) is 11.8 Å². The summed E-state index contributed by atoms with van der Waals surface area (Å²) in [5.41, 5.74) is 1.49. The maximum absolute atomic E-state index is 12.0. The molecule has 0 aromatic heterocycles. The summed E-state index contributed by atoms with van der Waals surface area (Å²) in [5.74, 6) is 0.388. The molecule has 0 radical (unpaired) electrons. The second-order valence-electron chi connectivity index (χ2n) is 5.01. The van der Waals surface area contributed by atoms with E-state index >= 15 is 0 Å². The Balaban J connectivity index is 1.65. The lowest BCUT2D eigenvalue weighted by molar-refractivity contribution is -0.120. The van der Waals surface area contributed by atoms with E-state index in [1.807, 2.05) is 55.5 Å². The Morgan fingerprint density at radius 1 is 0.957 bits per heavy atom. The molecular formula is C18H20N2O2S. The van der Waals surface area contributed by atoms with E-state index in [1.165, 1.54) is 4.90 Å². The predicted molar refractivity (Wildman–Crippen MR) is 93.7 cm³/mol. The molecule has 23 heavy (non-hydrogen) atoms. The van der Waals surface area contributed by atoms with Crippen LogP contribution in [-0.2, 0) is 4.79 Å². The minimum atomic E-state index is -0.225. The zero-order chi connectivity index (χ0) is 16.5. The molecule has 0 aliphatic carbocycles. The number of hydrogen-bond donors (Lipinski definition) is 2. The Morgan fingerprint density at radius 3 is 2.39 bits per heavy atom. The Kier molecular flexibility index (Phi) is 6.69. The van der Waals surface area contributed by atoms with Gasteiger partial charge in [0, 0.05) is 22.8 Å². The van der Waals surface area contributed by atoms with Crippen molar-refractivity contribution in [1.82, 2.24) is 10.6 Å². The largest absolute Gasteiger partial charge is 0.354 e. The Labute approximate surface area is 140 Å². The Hall–Kier alpha value is -2.27. The number of aryl methyl sites for hydroxylation is 1. The molecule has 0 unspecified atom stereocenters. The fourth-order valence-corrected chi connectivity index (χ4v) is 2.81. The van der Waals surface area contributed by atoms with Gasteiger partial charge in [-0.2, -0.15) is 0 Å². The van der Waals surface area contributed by atoms with Gasteiger partial charge in [0.1, 0.15) is 0 Å². The summed E-state index contributed by atoms with van der Waals surface area (Å²) in [6, 6.07) is 17.3. The summed E-state index contributed by atoms with van der Waals surface area (Å²) in [5, 5.41) is 5.44. The molecule has 4 nitrogen and oxygen atoms in total. The maximum Gasteiger partial charge on any atom is 0.251 e. The van der Waals surface area contributed by atoms with Crippen LogP contribution < -0.4 is 10.6 Å². The van der Waals surface area contributed by atoms with Gasteiger partial charge in [0.2, 0.25) is 5.91 Å². The lowest BCUT2D eigenvalue weighted by Gasteiger charge is -2.08. The molecular weight excluding hydrogens is 308 g/mol. The molecule has 2 N–H and O–H groups in total. The first-order valence-corrected chi connectivity index (χ1v) is 8.44. The van der Waals surface area contributed by atoms with E-state index in [4.69, 9.17) is 0 Å². The first-order valence-electron chi connectivity index (χ1n) is 7.45. The quantitative estimate of drug-likeness (QED) is 0.607. The van der Waals surface area contributed by atoms with E-state index in [-0.39, 0.29) is 18.4 Å². The molecule has 120 valence electrons. The van der Waals surface area contributed by atoms with Gasteiger partial charge in [0.15, 0.2) is 0 Å². The molecule has 5 heteroatoms. The minimum absolute atomic E-state index is 0.0107. The van der Waals surface area contributed by atoms with Gasteiger partial charge in [-0.3, -0.25) is 9.59 Å². The van der Waals surface area contributed by atoms with Crippen molar-refractivity contribution in [2.24, 2.45) is 0 Å². The smallest absolute Gasteiger partial charge is 0.251 e.